The number of aliphatic hydroxyl groups excluding tert-OH is 1. The van der Waals surface area contributed by atoms with E-state index in [4.69, 9.17) is 14.2 Å². The van der Waals surface area contributed by atoms with E-state index in [9.17, 15) is 5.11 Å². The molecule has 1 saturated carbocycles. The molecule has 4 bridgehead atoms. The normalized spacial score (nSPS) is 53.3. The van der Waals surface area contributed by atoms with E-state index in [0.717, 1.165) is 26.1 Å². The summed E-state index contributed by atoms with van der Waals surface area (Å²) in [7, 11) is 1.70. The molecule has 0 aromatic rings. The first kappa shape index (κ1) is 14.4. The Morgan fingerprint density at radius 2 is 2.05 bits per heavy atom. The number of piperidine rings is 1. The van der Waals surface area contributed by atoms with Crippen molar-refractivity contribution in [1.29, 1.82) is 0 Å². The van der Waals surface area contributed by atoms with Crippen molar-refractivity contribution in [3.63, 3.8) is 0 Å². The fraction of sp³-hybridized carbons (Fsp3) is 1.00. The molecule has 0 aromatic carbocycles. The van der Waals surface area contributed by atoms with Gasteiger partial charge in [-0.15, -0.1) is 0 Å². The molecule has 4 aliphatic heterocycles. The summed E-state index contributed by atoms with van der Waals surface area (Å²) in [6, 6.07) is 0. The number of methoxy groups -OCH3 is 1. The number of hydrogen-bond donors (Lipinski definition) is 1. The van der Waals surface area contributed by atoms with Gasteiger partial charge in [-0.05, 0) is 38.3 Å². The van der Waals surface area contributed by atoms with Crippen LogP contribution in [0.4, 0.5) is 0 Å². The first-order chi connectivity index (χ1) is 10.2. The lowest BCUT2D eigenvalue weighted by molar-refractivity contribution is -0.410. The molecular weight excluding hydrogens is 270 g/mol. The summed E-state index contributed by atoms with van der Waals surface area (Å²) in [6.07, 6.45) is 3.79. The SMILES string of the molecule is CO[C@@H]1O[C@H]2O[C@@]3(CN4CCCCC4)[C@@H]1[C@H](C[C@@H]3O)[C@H]2C. The van der Waals surface area contributed by atoms with Crippen LogP contribution in [0.15, 0.2) is 0 Å². The number of fused-ring (bicyclic) bond motifs is 1. The van der Waals surface area contributed by atoms with Crippen molar-refractivity contribution in [2.45, 2.75) is 56.9 Å². The highest BCUT2D eigenvalue weighted by Crippen LogP contribution is 2.58. The van der Waals surface area contributed by atoms with Gasteiger partial charge in [0.25, 0.3) is 0 Å². The van der Waals surface area contributed by atoms with E-state index in [1.165, 1.54) is 19.3 Å². The largest absolute Gasteiger partial charge is 0.390 e. The smallest absolute Gasteiger partial charge is 0.166 e. The first-order valence-electron chi connectivity index (χ1n) is 8.42. The van der Waals surface area contributed by atoms with Gasteiger partial charge < -0.3 is 24.2 Å². The Morgan fingerprint density at radius 1 is 1.29 bits per heavy atom. The topological polar surface area (TPSA) is 51.2 Å². The van der Waals surface area contributed by atoms with Crippen molar-refractivity contribution in [2.75, 3.05) is 26.7 Å². The monoisotopic (exact) mass is 297 g/mol. The lowest BCUT2D eigenvalue weighted by Gasteiger charge is -2.56. The molecular formula is C16H27NO4. The summed E-state index contributed by atoms with van der Waals surface area (Å²) < 4.78 is 17.8. The van der Waals surface area contributed by atoms with Gasteiger partial charge in [0.05, 0.1) is 6.10 Å². The van der Waals surface area contributed by atoms with E-state index in [0.29, 0.717) is 11.8 Å². The van der Waals surface area contributed by atoms with E-state index in [1.54, 1.807) is 7.11 Å². The van der Waals surface area contributed by atoms with E-state index in [1.807, 2.05) is 0 Å². The van der Waals surface area contributed by atoms with Gasteiger partial charge in [-0.2, -0.15) is 0 Å². The molecule has 120 valence electrons. The predicted molar refractivity (Wildman–Crippen MR) is 76.5 cm³/mol. The average Bonchev–Trinajstić information content (AvgIpc) is 2.75. The van der Waals surface area contributed by atoms with Gasteiger partial charge in [-0.1, -0.05) is 13.3 Å². The van der Waals surface area contributed by atoms with Crippen LogP contribution in [0.1, 0.15) is 32.6 Å². The van der Waals surface area contributed by atoms with E-state index in [2.05, 4.69) is 11.8 Å². The molecule has 5 rings (SSSR count). The molecule has 0 amide bonds. The summed E-state index contributed by atoms with van der Waals surface area (Å²) in [5.74, 6) is 0.940. The number of hydrogen-bond acceptors (Lipinski definition) is 5. The van der Waals surface area contributed by atoms with Crippen molar-refractivity contribution >= 4 is 0 Å². The fourth-order valence-corrected chi connectivity index (χ4v) is 5.13. The lowest BCUT2D eigenvalue weighted by Crippen LogP contribution is -2.68. The Balaban J connectivity index is 1.62. The van der Waals surface area contributed by atoms with Crippen LogP contribution >= 0.6 is 0 Å². The maximum Gasteiger partial charge on any atom is 0.166 e. The van der Waals surface area contributed by atoms with Gasteiger partial charge in [0.15, 0.2) is 12.6 Å². The minimum absolute atomic E-state index is 0.152. The Morgan fingerprint density at radius 3 is 2.76 bits per heavy atom. The Hall–Kier alpha value is -0.200. The van der Waals surface area contributed by atoms with Crippen LogP contribution in [-0.2, 0) is 14.2 Å². The highest BCUT2D eigenvalue weighted by Gasteiger charge is 2.69. The number of nitrogens with zero attached hydrogens (tertiary/aromatic N) is 1. The molecule has 0 radical (unpaired) electrons. The zero-order valence-electron chi connectivity index (χ0n) is 13.0. The van der Waals surface area contributed by atoms with Crippen molar-refractivity contribution in [2.24, 2.45) is 17.8 Å². The maximum absolute atomic E-state index is 10.8. The molecule has 0 aromatic heterocycles. The molecule has 5 fully saturated rings. The Bertz CT molecular complexity index is 400. The minimum Gasteiger partial charge on any atom is -0.390 e. The van der Waals surface area contributed by atoms with E-state index in [-0.39, 0.29) is 18.5 Å². The summed E-state index contributed by atoms with van der Waals surface area (Å²) >= 11 is 0. The lowest BCUT2D eigenvalue weighted by atomic mass is 9.73. The second-order valence-electron chi connectivity index (χ2n) is 7.32. The molecule has 7 atom stereocenters. The fourth-order valence-electron chi connectivity index (χ4n) is 5.13. The van der Waals surface area contributed by atoms with Crippen LogP contribution in [0.2, 0.25) is 0 Å². The quantitative estimate of drug-likeness (QED) is 0.848. The third-order valence-corrected chi connectivity index (χ3v) is 6.24. The molecule has 5 nitrogen and oxygen atoms in total. The molecule has 4 heterocycles. The maximum atomic E-state index is 10.8. The van der Waals surface area contributed by atoms with Crippen molar-refractivity contribution in [3.05, 3.63) is 0 Å². The van der Waals surface area contributed by atoms with Crippen molar-refractivity contribution < 1.29 is 19.3 Å². The van der Waals surface area contributed by atoms with Crippen molar-refractivity contribution in [3.8, 4) is 0 Å². The minimum atomic E-state index is -0.488. The number of likely N-dealkylation sites (tertiary alicyclic amines) is 1. The molecule has 5 aliphatic rings. The van der Waals surface area contributed by atoms with Crippen LogP contribution in [-0.4, -0.2) is 61.0 Å². The van der Waals surface area contributed by atoms with Gasteiger partial charge >= 0.3 is 0 Å². The van der Waals surface area contributed by atoms with Crippen LogP contribution in [0.25, 0.3) is 0 Å². The molecule has 1 aliphatic carbocycles. The highest BCUT2D eigenvalue weighted by molar-refractivity contribution is 5.13. The highest BCUT2D eigenvalue weighted by atomic mass is 16.8. The van der Waals surface area contributed by atoms with Crippen LogP contribution in [0.5, 0.6) is 0 Å². The Kier molecular flexibility index (Phi) is 3.54. The van der Waals surface area contributed by atoms with Crippen LogP contribution in [0.3, 0.4) is 0 Å². The number of aliphatic hydroxyl groups is 1. The Labute approximate surface area is 126 Å². The van der Waals surface area contributed by atoms with E-state index >= 15 is 0 Å². The van der Waals surface area contributed by atoms with Gasteiger partial charge in [0.1, 0.15) is 5.60 Å². The predicted octanol–water partition coefficient (Wildman–Crippen LogP) is 1.20. The van der Waals surface area contributed by atoms with Crippen LogP contribution < -0.4 is 0 Å². The third-order valence-electron chi connectivity index (χ3n) is 6.24. The molecule has 5 heteroatoms. The summed E-state index contributed by atoms with van der Waals surface area (Å²) in [4.78, 5) is 2.47. The number of rotatable bonds is 3. The first-order valence-corrected chi connectivity index (χ1v) is 8.42. The van der Waals surface area contributed by atoms with Gasteiger partial charge in [0.2, 0.25) is 0 Å². The second kappa shape index (κ2) is 5.17. The third kappa shape index (κ3) is 2.01. The second-order valence-corrected chi connectivity index (χ2v) is 7.32. The zero-order valence-corrected chi connectivity index (χ0v) is 13.0. The van der Waals surface area contributed by atoms with Gasteiger partial charge in [-0.3, -0.25) is 0 Å². The zero-order chi connectivity index (χ0) is 14.6. The standard InChI is InChI=1S/C16H27NO4/c1-10-11-8-12(18)16(9-17-6-4-3-5-7-17)13(11)15(19-2)20-14(10)21-16/h10-15,18H,3-9H2,1-2H3/t10-,11-,12+,13-,14+,15-,16-/m1/s1. The number of ether oxygens (including phenoxy) is 3. The van der Waals surface area contributed by atoms with Gasteiger partial charge in [0, 0.05) is 25.5 Å². The van der Waals surface area contributed by atoms with Crippen molar-refractivity contribution in [1.82, 2.24) is 4.90 Å². The average molecular weight is 297 g/mol. The summed E-state index contributed by atoms with van der Waals surface area (Å²) in [5.41, 5.74) is -0.488. The summed E-state index contributed by atoms with van der Waals surface area (Å²) in [5, 5.41) is 10.8. The molecule has 1 N–H and O–H groups in total. The molecule has 0 unspecified atom stereocenters. The van der Waals surface area contributed by atoms with Gasteiger partial charge in [-0.25, -0.2) is 0 Å². The molecule has 4 saturated heterocycles. The summed E-state index contributed by atoms with van der Waals surface area (Å²) in [6.45, 7) is 5.24. The molecule has 0 spiro atoms. The van der Waals surface area contributed by atoms with Crippen LogP contribution in [0, 0.1) is 17.8 Å². The van der Waals surface area contributed by atoms with E-state index < -0.39 is 11.7 Å². The molecule has 21 heavy (non-hydrogen) atoms.